The normalized spacial score (nSPS) is 11.3. The van der Waals surface area contributed by atoms with Crippen molar-refractivity contribution in [2.45, 2.75) is 4.90 Å². The van der Waals surface area contributed by atoms with Gasteiger partial charge >= 0.3 is 5.97 Å². The molecule has 1 rings (SSSR count). The Morgan fingerprint density at radius 2 is 2.31 bits per heavy atom. The van der Waals surface area contributed by atoms with Gasteiger partial charge < -0.3 is 5.11 Å². The summed E-state index contributed by atoms with van der Waals surface area (Å²) in [6.07, 6.45) is 1.32. The molecule has 0 aliphatic rings. The van der Waals surface area contributed by atoms with Crippen LogP contribution in [0.3, 0.4) is 0 Å². The minimum absolute atomic E-state index is 0.228. The SMILES string of the molecule is O=C(O)CONS(=O)(=O)c1cccnc1Cl. The smallest absolute Gasteiger partial charge is 0.331 e. The third-order valence-electron chi connectivity index (χ3n) is 1.38. The lowest BCUT2D eigenvalue weighted by Gasteiger charge is -2.05. The average molecular weight is 267 g/mol. The van der Waals surface area contributed by atoms with Crippen LogP contribution in [-0.2, 0) is 19.7 Å². The van der Waals surface area contributed by atoms with E-state index in [0.29, 0.717) is 0 Å². The molecule has 0 aromatic carbocycles. The van der Waals surface area contributed by atoms with Gasteiger partial charge in [-0.15, -0.1) is 0 Å². The van der Waals surface area contributed by atoms with E-state index in [4.69, 9.17) is 16.7 Å². The second-order valence-corrected chi connectivity index (χ2v) is 4.53. The number of hydrogen-bond donors (Lipinski definition) is 2. The van der Waals surface area contributed by atoms with Crippen molar-refractivity contribution in [2.24, 2.45) is 0 Å². The first-order valence-electron chi connectivity index (χ1n) is 3.89. The van der Waals surface area contributed by atoms with E-state index in [1.165, 1.54) is 18.3 Å². The summed E-state index contributed by atoms with van der Waals surface area (Å²) in [7, 11) is -4.02. The van der Waals surface area contributed by atoms with Crippen molar-refractivity contribution in [2.75, 3.05) is 6.61 Å². The van der Waals surface area contributed by atoms with Crippen LogP contribution in [0.1, 0.15) is 0 Å². The van der Waals surface area contributed by atoms with E-state index in [0.717, 1.165) is 0 Å². The van der Waals surface area contributed by atoms with Crippen molar-refractivity contribution < 1.29 is 23.2 Å². The molecule has 16 heavy (non-hydrogen) atoms. The second kappa shape index (κ2) is 5.21. The van der Waals surface area contributed by atoms with Crippen LogP contribution in [-0.4, -0.2) is 31.1 Å². The number of halogens is 1. The van der Waals surface area contributed by atoms with Crippen LogP contribution < -0.4 is 4.89 Å². The first-order chi connectivity index (χ1) is 7.43. The Bertz CT molecular complexity index is 489. The van der Waals surface area contributed by atoms with Gasteiger partial charge in [0.15, 0.2) is 6.61 Å². The topological polar surface area (TPSA) is 106 Å². The molecule has 0 saturated carbocycles. The lowest BCUT2D eigenvalue weighted by molar-refractivity contribution is -0.143. The monoisotopic (exact) mass is 266 g/mol. The fraction of sp³-hybridized carbons (Fsp3) is 0.143. The molecule has 0 aliphatic carbocycles. The molecule has 0 bridgehead atoms. The number of aliphatic carboxylic acids is 1. The van der Waals surface area contributed by atoms with E-state index in [1.807, 2.05) is 0 Å². The lowest BCUT2D eigenvalue weighted by Crippen LogP contribution is -2.27. The van der Waals surface area contributed by atoms with E-state index in [2.05, 4.69) is 9.82 Å². The summed E-state index contributed by atoms with van der Waals surface area (Å²) in [4.78, 5) is 19.2. The van der Waals surface area contributed by atoms with Gasteiger partial charge in [0.05, 0.1) is 0 Å². The van der Waals surface area contributed by atoms with Crippen molar-refractivity contribution >= 4 is 27.6 Å². The van der Waals surface area contributed by atoms with Crippen LogP contribution in [0, 0.1) is 0 Å². The van der Waals surface area contributed by atoms with Gasteiger partial charge in [-0.1, -0.05) is 16.5 Å². The molecule has 2 N–H and O–H groups in total. The number of rotatable bonds is 5. The summed E-state index contributed by atoms with van der Waals surface area (Å²) in [5.41, 5.74) is 0. The fourth-order valence-corrected chi connectivity index (χ4v) is 2.05. The van der Waals surface area contributed by atoms with Crippen LogP contribution in [0.15, 0.2) is 23.2 Å². The molecule has 0 fully saturated rings. The molecular formula is C7H7ClN2O5S. The van der Waals surface area contributed by atoms with Gasteiger partial charge in [-0.2, -0.15) is 0 Å². The maximum atomic E-state index is 11.5. The maximum Gasteiger partial charge on any atom is 0.331 e. The van der Waals surface area contributed by atoms with Gasteiger partial charge in [0.1, 0.15) is 10.0 Å². The number of pyridine rings is 1. The van der Waals surface area contributed by atoms with Gasteiger partial charge in [0, 0.05) is 6.20 Å². The Balaban J connectivity index is 2.79. The highest BCUT2D eigenvalue weighted by atomic mass is 35.5. The van der Waals surface area contributed by atoms with Gasteiger partial charge in [-0.3, -0.25) is 4.84 Å². The molecule has 0 atom stereocenters. The largest absolute Gasteiger partial charge is 0.479 e. The number of sulfonamides is 1. The van der Waals surface area contributed by atoms with Crippen molar-refractivity contribution in [3.05, 3.63) is 23.5 Å². The number of nitrogens with zero attached hydrogens (tertiary/aromatic N) is 1. The van der Waals surface area contributed by atoms with Gasteiger partial charge in [0.25, 0.3) is 10.0 Å². The third kappa shape index (κ3) is 3.42. The number of hydrogen-bond acceptors (Lipinski definition) is 5. The molecule has 1 aromatic heterocycles. The summed E-state index contributed by atoms with van der Waals surface area (Å²) < 4.78 is 23.0. The Morgan fingerprint density at radius 3 is 2.88 bits per heavy atom. The lowest BCUT2D eigenvalue weighted by atomic mass is 10.5. The van der Waals surface area contributed by atoms with Crippen LogP contribution >= 0.6 is 11.6 Å². The van der Waals surface area contributed by atoms with Gasteiger partial charge in [-0.05, 0) is 12.1 Å². The van der Waals surface area contributed by atoms with E-state index in [-0.39, 0.29) is 10.0 Å². The predicted octanol–water partition coefficient (Wildman–Crippen LogP) is 0.0295. The minimum atomic E-state index is -4.02. The standard InChI is InChI=1S/C7H7ClN2O5S/c8-7-5(2-1-3-9-7)16(13,14)10-15-4-6(11)12/h1-3,10H,4H2,(H,11,12). The minimum Gasteiger partial charge on any atom is -0.479 e. The molecule has 0 aliphatic heterocycles. The van der Waals surface area contributed by atoms with Crippen molar-refractivity contribution in [3.8, 4) is 0 Å². The maximum absolute atomic E-state index is 11.5. The molecule has 0 radical (unpaired) electrons. The first-order valence-corrected chi connectivity index (χ1v) is 5.75. The van der Waals surface area contributed by atoms with Crippen LogP contribution in [0.5, 0.6) is 0 Å². The molecule has 9 heteroatoms. The zero-order valence-corrected chi connectivity index (χ0v) is 9.33. The first kappa shape index (κ1) is 12.8. The Labute approximate surface area is 96.0 Å². The zero-order chi connectivity index (χ0) is 12.2. The average Bonchev–Trinajstić information content (AvgIpc) is 2.17. The molecule has 1 heterocycles. The van der Waals surface area contributed by atoms with E-state index in [1.54, 1.807) is 4.89 Å². The molecule has 0 saturated heterocycles. The molecule has 88 valence electrons. The Kier molecular flexibility index (Phi) is 4.19. The summed E-state index contributed by atoms with van der Waals surface area (Å²) in [5.74, 6) is -1.31. The molecule has 1 aromatic rings. The molecule has 0 unspecified atom stereocenters. The molecule has 0 spiro atoms. The Hall–Kier alpha value is -1.22. The highest BCUT2D eigenvalue weighted by Crippen LogP contribution is 2.17. The number of carbonyl (C=O) groups is 1. The van der Waals surface area contributed by atoms with Crippen LogP contribution in [0.25, 0.3) is 0 Å². The molecule has 7 nitrogen and oxygen atoms in total. The van der Waals surface area contributed by atoms with Crippen LogP contribution in [0.4, 0.5) is 0 Å². The highest BCUT2D eigenvalue weighted by molar-refractivity contribution is 7.89. The van der Waals surface area contributed by atoms with Gasteiger partial charge in [-0.25, -0.2) is 18.2 Å². The molecular weight excluding hydrogens is 260 g/mol. The second-order valence-electron chi connectivity index (χ2n) is 2.56. The van der Waals surface area contributed by atoms with Gasteiger partial charge in [0.2, 0.25) is 0 Å². The molecule has 0 amide bonds. The van der Waals surface area contributed by atoms with E-state index >= 15 is 0 Å². The van der Waals surface area contributed by atoms with Crippen molar-refractivity contribution in [3.63, 3.8) is 0 Å². The number of carboxylic acids is 1. The van der Waals surface area contributed by atoms with E-state index in [9.17, 15) is 13.2 Å². The fourth-order valence-electron chi connectivity index (χ4n) is 0.785. The van der Waals surface area contributed by atoms with Crippen molar-refractivity contribution in [1.29, 1.82) is 0 Å². The quantitative estimate of drug-likeness (QED) is 0.575. The third-order valence-corrected chi connectivity index (χ3v) is 3.04. The number of carboxylic acid groups (broad SMARTS) is 1. The summed E-state index contributed by atoms with van der Waals surface area (Å²) in [6.45, 7) is -0.795. The highest BCUT2D eigenvalue weighted by Gasteiger charge is 2.18. The predicted molar refractivity (Wildman–Crippen MR) is 53.2 cm³/mol. The Morgan fingerprint density at radius 1 is 1.62 bits per heavy atom. The zero-order valence-electron chi connectivity index (χ0n) is 7.75. The van der Waals surface area contributed by atoms with E-state index < -0.39 is 22.6 Å². The van der Waals surface area contributed by atoms with Crippen molar-refractivity contribution in [1.82, 2.24) is 9.87 Å². The summed E-state index contributed by atoms with van der Waals surface area (Å²) >= 11 is 5.55. The number of nitrogens with one attached hydrogen (secondary N) is 1. The summed E-state index contributed by atoms with van der Waals surface area (Å²) in [6, 6.07) is 2.58. The number of aromatic nitrogens is 1. The van der Waals surface area contributed by atoms with Crippen LogP contribution in [0.2, 0.25) is 5.15 Å². The summed E-state index contributed by atoms with van der Waals surface area (Å²) in [5, 5.41) is 8.01.